The molecule has 1 aromatic rings. The van der Waals surface area contributed by atoms with E-state index in [0.29, 0.717) is 11.5 Å². The van der Waals surface area contributed by atoms with Crippen molar-refractivity contribution in [1.29, 1.82) is 0 Å². The first-order chi connectivity index (χ1) is 14.1. The van der Waals surface area contributed by atoms with E-state index in [1.54, 1.807) is 11.8 Å². The SMILES string of the molecule is CC(=O)SCC1CCCCCCCSCC(C(=O)OCc2ccccc2)NC1=O. The van der Waals surface area contributed by atoms with Gasteiger partial charge >= 0.3 is 5.97 Å². The number of benzene rings is 1. The van der Waals surface area contributed by atoms with E-state index < -0.39 is 12.0 Å². The molecule has 0 bridgehead atoms. The fourth-order valence-corrected chi connectivity index (χ4v) is 4.91. The second kappa shape index (κ2) is 13.7. The summed E-state index contributed by atoms with van der Waals surface area (Å²) in [4.78, 5) is 36.9. The summed E-state index contributed by atoms with van der Waals surface area (Å²) in [5, 5.41) is 2.92. The van der Waals surface area contributed by atoms with E-state index in [9.17, 15) is 14.4 Å². The van der Waals surface area contributed by atoms with Crippen LogP contribution in [0, 0.1) is 5.92 Å². The predicted octanol–water partition coefficient (Wildman–Crippen LogP) is 4.20. The van der Waals surface area contributed by atoms with Crippen LogP contribution in [0.25, 0.3) is 0 Å². The number of thioether (sulfide) groups is 2. The van der Waals surface area contributed by atoms with Crippen molar-refractivity contribution in [3.63, 3.8) is 0 Å². The van der Waals surface area contributed by atoms with Gasteiger partial charge in [-0.2, -0.15) is 11.8 Å². The lowest BCUT2D eigenvalue weighted by Gasteiger charge is -2.21. The lowest BCUT2D eigenvalue weighted by Crippen LogP contribution is -2.46. The van der Waals surface area contributed by atoms with E-state index in [0.717, 1.165) is 43.4 Å². The Labute approximate surface area is 182 Å². The van der Waals surface area contributed by atoms with Gasteiger partial charge in [-0.1, -0.05) is 67.8 Å². The van der Waals surface area contributed by atoms with Gasteiger partial charge in [0.25, 0.3) is 0 Å². The molecule has 1 heterocycles. The average Bonchev–Trinajstić information content (AvgIpc) is 2.73. The van der Waals surface area contributed by atoms with Gasteiger partial charge in [0.2, 0.25) is 5.91 Å². The van der Waals surface area contributed by atoms with Crippen LogP contribution in [-0.4, -0.2) is 40.3 Å². The van der Waals surface area contributed by atoms with Crippen molar-refractivity contribution in [3.8, 4) is 0 Å². The summed E-state index contributed by atoms with van der Waals surface area (Å²) in [5.74, 6) is 1.12. The summed E-state index contributed by atoms with van der Waals surface area (Å²) < 4.78 is 5.47. The highest BCUT2D eigenvalue weighted by Crippen LogP contribution is 2.20. The summed E-state index contributed by atoms with van der Waals surface area (Å²) in [6.07, 6.45) is 6.26. The molecule has 7 heteroatoms. The molecule has 5 nitrogen and oxygen atoms in total. The van der Waals surface area contributed by atoms with Crippen molar-refractivity contribution >= 4 is 40.5 Å². The van der Waals surface area contributed by atoms with Crippen LogP contribution in [0.1, 0.15) is 51.0 Å². The zero-order valence-corrected chi connectivity index (χ0v) is 18.7. The molecule has 29 heavy (non-hydrogen) atoms. The number of hydrogen-bond acceptors (Lipinski definition) is 6. The Bertz CT molecular complexity index is 653. The van der Waals surface area contributed by atoms with Gasteiger partial charge in [0.05, 0.1) is 0 Å². The maximum Gasteiger partial charge on any atom is 0.329 e. The molecule has 1 fully saturated rings. The second-order valence-corrected chi connectivity index (χ2v) is 9.63. The fraction of sp³-hybridized carbons (Fsp3) is 0.591. The van der Waals surface area contributed by atoms with Gasteiger partial charge < -0.3 is 10.1 Å². The van der Waals surface area contributed by atoms with Gasteiger partial charge in [0.1, 0.15) is 12.6 Å². The molecule has 2 atom stereocenters. The highest BCUT2D eigenvalue weighted by Gasteiger charge is 2.27. The molecular formula is C22H31NO4S2. The Morgan fingerprint density at radius 2 is 1.86 bits per heavy atom. The van der Waals surface area contributed by atoms with Crippen LogP contribution in [0.4, 0.5) is 0 Å². The Morgan fingerprint density at radius 3 is 2.62 bits per heavy atom. The number of nitrogens with one attached hydrogen (secondary N) is 1. The molecule has 0 aromatic heterocycles. The molecule has 2 unspecified atom stereocenters. The predicted molar refractivity (Wildman–Crippen MR) is 120 cm³/mol. The van der Waals surface area contributed by atoms with Crippen LogP contribution in [-0.2, 0) is 25.7 Å². The molecule has 1 aliphatic heterocycles. The van der Waals surface area contributed by atoms with Crippen LogP contribution in [0.15, 0.2) is 30.3 Å². The third-order valence-corrected chi connectivity index (χ3v) is 6.93. The van der Waals surface area contributed by atoms with Crippen LogP contribution >= 0.6 is 23.5 Å². The third kappa shape index (κ3) is 9.72. The van der Waals surface area contributed by atoms with E-state index in [1.807, 2.05) is 30.3 Å². The molecule has 1 aromatic carbocycles. The van der Waals surface area contributed by atoms with E-state index in [4.69, 9.17) is 4.74 Å². The van der Waals surface area contributed by atoms with Crippen LogP contribution in [0.5, 0.6) is 0 Å². The zero-order valence-electron chi connectivity index (χ0n) is 17.1. The standard InChI is InChI=1S/C22H31NO4S2/c1-17(24)29-15-19-12-8-3-2-4-9-13-28-16-20(23-21(19)25)22(26)27-14-18-10-6-5-7-11-18/h5-7,10-11,19-20H,2-4,8-9,12-16H2,1H3,(H,23,25). The highest BCUT2D eigenvalue weighted by molar-refractivity contribution is 8.13. The Balaban J connectivity index is 2.00. The lowest BCUT2D eigenvalue weighted by molar-refractivity contribution is -0.148. The van der Waals surface area contributed by atoms with Crippen LogP contribution in [0.2, 0.25) is 0 Å². The first-order valence-corrected chi connectivity index (χ1v) is 12.4. The van der Waals surface area contributed by atoms with Crippen molar-refractivity contribution in [3.05, 3.63) is 35.9 Å². The van der Waals surface area contributed by atoms with E-state index in [2.05, 4.69) is 5.32 Å². The smallest absolute Gasteiger partial charge is 0.329 e. The summed E-state index contributed by atoms with van der Waals surface area (Å²) >= 11 is 2.86. The number of amides is 1. The number of rotatable bonds is 5. The lowest BCUT2D eigenvalue weighted by atomic mass is 10.0. The van der Waals surface area contributed by atoms with E-state index >= 15 is 0 Å². The van der Waals surface area contributed by atoms with Gasteiger partial charge in [-0.15, -0.1) is 0 Å². The van der Waals surface area contributed by atoms with Crippen LogP contribution < -0.4 is 5.32 Å². The maximum absolute atomic E-state index is 12.9. The largest absolute Gasteiger partial charge is 0.459 e. The molecule has 0 saturated carbocycles. The van der Waals surface area contributed by atoms with Crippen molar-refractivity contribution < 1.29 is 19.1 Å². The molecule has 2 rings (SSSR count). The molecule has 0 spiro atoms. The summed E-state index contributed by atoms with van der Waals surface area (Å²) in [7, 11) is 0. The molecule has 1 aliphatic rings. The minimum Gasteiger partial charge on any atom is -0.459 e. The minimum absolute atomic E-state index is 0.00935. The van der Waals surface area contributed by atoms with E-state index in [-0.39, 0.29) is 23.5 Å². The molecule has 0 aliphatic carbocycles. The number of carbonyl (C=O) groups is 3. The molecule has 0 radical (unpaired) electrons. The Hall–Kier alpha value is -1.47. The Kier molecular flexibility index (Phi) is 11.2. The monoisotopic (exact) mass is 437 g/mol. The van der Waals surface area contributed by atoms with Crippen LogP contribution in [0.3, 0.4) is 0 Å². The van der Waals surface area contributed by atoms with Gasteiger partial charge in [0.15, 0.2) is 5.12 Å². The number of esters is 1. The number of ether oxygens (including phenoxy) is 1. The number of carbonyl (C=O) groups excluding carboxylic acids is 3. The maximum atomic E-state index is 12.9. The molecular weight excluding hydrogens is 406 g/mol. The van der Waals surface area contributed by atoms with Gasteiger partial charge in [-0.25, -0.2) is 4.79 Å². The van der Waals surface area contributed by atoms with Crippen molar-refractivity contribution in [2.45, 2.75) is 58.1 Å². The van der Waals surface area contributed by atoms with Gasteiger partial charge in [-0.3, -0.25) is 9.59 Å². The molecule has 1 amide bonds. The highest BCUT2D eigenvalue weighted by atomic mass is 32.2. The fourth-order valence-electron chi connectivity index (χ4n) is 3.12. The molecule has 1 saturated heterocycles. The topological polar surface area (TPSA) is 72.5 Å². The summed E-state index contributed by atoms with van der Waals surface area (Å²) in [6, 6.07) is 8.85. The van der Waals surface area contributed by atoms with E-state index in [1.165, 1.54) is 25.1 Å². The quantitative estimate of drug-likeness (QED) is 0.696. The second-order valence-electron chi connectivity index (χ2n) is 7.29. The average molecular weight is 438 g/mol. The minimum atomic E-state index is -0.665. The first kappa shape index (κ1) is 23.8. The first-order valence-electron chi connectivity index (χ1n) is 10.3. The van der Waals surface area contributed by atoms with Crippen molar-refractivity contribution in [2.75, 3.05) is 17.3 Å². The van der Waals surface area contributed by atoms with Gasteiger partial charge in [0, 0.05) is 24.3 Å². The normalized spacial score (nSPS) is 21.8. The number of hydrogen-bond donors (Lipinski definition) is 1. The van der Waals surface area contributed by atoms with Crippen molar-refractivity contribution in [1.82, 2.24) is 5.32 Å². The summed E-state index contributed by atoms with van der Waals surface area (Å²) in [5.41, 5.74) is 0.917. The third-order valence-electron chi connectivity index (χ3n) is 4.81. The zero-order chi connectivity index (χ0) is 20.9. The molecule has 1 N–H and O–H groups in total. The molecule has 160 valence electrons. The van der Waals surface area contributed by atoms with Crippen molar-refractivity contribution in [2.24, 2.45) is 5.92 Å². The Morgan fingerprint density at radius 1 is 1.14 bits per heavy atom. The van der Waals surface area contributed by atoms with Gasteiger partial charge in [-0.05, 0) is 24.2 Å². The summed E-state index contributed by atoms with van der Waals surface area (Å²) in [6.45, 7) is 1.71.